The maximum absolute atomic E-state index is 12.2. The molecule has 0 spiro atoms. The molecule has 0 unspecified atom stereocenters. The third kappa shape index (κ3) is 2.92. The highest BCUT2D eigenvalue weighted by atomic mass is 16.1. The van der Waals surface area contributed by atoms with Gasteiger partial charge >= 0.3 is 0 Å². The summed E-state index contributed by atoms with van der Waals surface area (Å²) in [4.78, 5) is 25.2. The Kier molecular flexibility index (Phi) is 3.49. The average molecular weight is 307 g/mol. The van der Waals surface area contributed by atoms with Crippen molar-refractivity contribution in [1.29, 1.82) is 0 Å². The van der Waals surface area contributed by atoms with Crippen molar-refractivity contribution in [3.63, 3.8) is 0 Å². The third-order valence-electron chi connectivity index (χ3n) is 4.01. The summed E-state index contributed by atoms with van der Waals surface area (Å²) in [6.45, 7) is 1.27. The molecule has 2 aromatic heterocycles. The summed E-state index contributed by atoms with van der Waals surface area (Å²) in [5, 5.41) is 2.90. The van der Waals surface area contributed by atoms with Crippen LogP contribution in [0.2, 0.25) is 0 Å². The zero-order chi connectivity index (χ0) is 15.6. The standard InChI is InChI=1S/C17H17N5O/c23-17(15-11-20-13-3-1-2-4-14(13)21-15)19-8-10-22-9-7-18-16(22)12-5-6-12/h1-4,7,9,11-12H,5-6,8,10H2,(H,19,23). The summed E-state index contributed by atoms with van der Waals surface area (Å²) in [5.74, 6) is 1.54. The molecule has 0 atom stereocenters. The molecular formula is C17H17N5O. The molecule has 1 saturated carbocycles. The van der Waals surface area contributed by atoms with E-state index >= 15 is 0 Å². The van der Waals surface area contributed by atoms with Crippen molar-refractivity contribution in [2.75, 3.05) is 6.54 Å². The van der Waals surface area contributed by atoms with Gasteiger partial charge in [0.1, 0.15) is 11.5 Å². The van der Waals surface area contributed by atoms with Crippen molar-refractivity contribution in [1.82, 2.24) is 24.8 Å². The largest absolute Gasteiger partial charge is 0.349 e. The maximum atomic E-state index is 12.2. The summed E-state index contributed by atoms with van der Waals surface area (Å²) in [5.41, 5.74) is 1.86. The second-order valence-corrected chi connectivity index (χ2v) is 5.75. The molecule has 2 heterocycles. The van der Waals surface area contributed by atoms with Gasteiger partial charge in [-0.1, -0.05) is 12.1 Å². The van der Waals surface area contributed by atoms with E-state index in [1.807, 2.05) is 36.7 Å². The predicted octanol–water partition coefficient (Wildman–Crippen LogP) is 2.13. The van der Waals surface area contributed by atoms with Gasteiger partial charge in [0, 0.05) is 31.4 Å². The van der Waals surface area contributed by atoms with Gasteiger partial charge in [-0.05, 0) is 25.0 Å². The Morgan fingerprint density at radius 2 is 2.04 bits per heavy atom. The van der Waals surface area contributed by atoms with E-state index in [0.717, 1.165) is 23.4 Å². The second-order valence-electron chi connectivity index (χ2n) is 5.75. The van der Waals surface area contributed by atoms with Gasteiger partial charge in [-0.15, -0.1) is 0 Å². The van der Waals surface area contributed by atoms with Gasteiger partial charge < -0.3 is 9.88 Å². The number of para-hydroxylation sites is 2. The fourth-order valence-electron chi connectivity index (χ4n) is 2.66. The Bertz CT molecular complexity index is 853. The van der Waals surface area contributed by atoms with E-state index in [-0.39, 0.29) is 5.91 Å². The maximum Gasteiger partial charge on any atom is 0.271 e. The molecule has 1 amide bonds. The first-order valence-corrected chi connectivity index (χ1v) is 7.82. The SMILES string of the molecule is O=C(NCCn1ccnc1C1CC1)c1cnc2ccccc2n1. The highest BCUT2D eigenvalue weighted by Crippen LogP contribution is 2.38. The summed E-state index contributed by atoms with van der Waals surface area (Å²) < 4.78 is 2.12. The molecule has 1 aliphatic carbocycles. The number of fused-ring (bicyclic) bond motifs is 1. The minimum atomic E-state index is -0.198. The fraction of sp³-hybridized carbons (Fsp3) is 0.294. The first-order valence-electron chi connectivity index (χ1n) is 7.82. The van der Waals surface area contributed by atoms with Crippen LogP contribution < -0.4 is 5.32 Å². The average Bonchev–Trinajstić information content (AvgIpc) is 3.33. The molecule has 0 saturated heterocycles. The molecule has 1 fully saturated rings. The van der Waals surface area contributed by atoms with Crippen LogP contribution >= 0.6 is 0 Å². The zero-order valence-electron chi connectivity index (χ0n) is 12.6. The summed E-state index contributed by atoms with van der Waals surface area (Å²) >= 11 is 0. The van der Waals surface area contributed by atoms with Gasteiger partial charge in [-0.3, -0.25) is 9.78 Å². The van der Waals surface area contributed by atoms with E-state index in [4.69, 9.17) is 0 Å². The van der Waals surface area contributed by atoms with Crippen LogP contribution in [0.1, 0.15) is 35.1 Å². The molecule has 1 aromatic carbocycles. The Balaban J connectivity index is 1.39. The Morgan fingerprint density at radius 1 is 1.22 bits per heavy atom. The van der Waals surface area contributed by atoms with Crippen molar-refractivity contribution < 1.29 is 4.79 Å². The lowest BCUT2D eigenvalue weighted by Crippen LogP contribution is -2.28. The summed E-state index contributed by atoms with van der Waals surface area (Å²) in [7, 11) is 0. The van der Waals surface area contributed by atoms with E-state index in [2.05, 4.69) is 24.8 Å². The lowest BCUT2D eigenvalue weighted by atomic mass is 10.3. The Hall–Kier alpha value is -2.76. The molecule has 23 heavy (non-hydrogen) atoms. The molecule has 0 radical (unpaired) electrons. The van der Waals surface area contributed by atoms with Crippen molar-refractivity contribution in [2.24, 2.45) is 0 Å². The number of nitrogens with zero attached hydrogens (tertiary/aromatic N) is 4. The van der Waals surface area contributed by atoms with Crippen LogP contribution in [-0.2, 0) is 6.54 Å². The van der Waals surface area contributed by atoms with Crippen LogP contribution in [0.4, 0.5) is 0 Å². The van der Waals surface area contributed by atoms with Crippen LogP contribution in [0, 0.1) is 0 Å². The molecule has 0 bridgehead atoms. The number of hydrogen-bond donors (Lipinski definition) is 1. The quantitative estimate of drug-likeness (QED) is 0.784. The highest BCUT2D eigenvalue weighted by Gasteiger charge is 2.27. The van der Waals surface area contributed by atoms with Gasteiger partial charge in [-0.2, -0.15) is 0 Å². The van der Waals surface area contributed by atoms with E-state index in [1.54, 1.807) is 0 Å². The van der Waals surface area contributed by atoms with Crippen LogP contribution in [-0.4, -0.2) is 32.0 Å². The number of imidazole rings is 1. The topological polar surface area (TPSA) is 72.7 Å². The molecule has 3 aromatic rings. The van der Waals surface area contributed by atoms with Gasteiger partial charge in [0.15, 0.2) is 0 Å². The summed E-state index contributed by atoms with van der Waals surface area (Å²) in [6.07, 6.45) is 7.75. The molecule has 6 nitrogen and oxygen atoms in total. The van der Waals surface area contributed by atoms with E-state index in [9.17, 15) is 4.79 Å². The molecule has 116 valence electrons. The summed E-state index contributed by atoms with van der Waals surface area (Å²) in [6, 6.07) is 7.52. The lowest BCUT2D eigenvalue weighted by molar-refractivity contribution is 0.0947. The van der Waals surface area contributed by atoms with Crippen LogP contribution in [0.5, 0.6) is 0 Å². The van der Waals surface area contributed by atoms with Crippen LogP contribution in [0.15, 0.2) is 42.9 Å². The molecular weight excluding hydrogens is 290 g/mol. The van der Waals surface area contributed by atoms with E-state index in [1.165, 1.54) is 19.0 Å². The number of benzene rings is 1. The van der Waals surface area contributed by atoms with Crippen molar-refractivity contribution in [3.05, 3.63) is 54.4 Å². The van der Waals surface area contributed by atoms with Gasteiger partial charge in [0.25, 0.3) is 5.91 Å². The number of amides is 1. The monoisotopic (exact) mass is 307 g/mol. The fourth-order valence-corrected chi connectivity index (χ4v) is 2.66. The number of hydrogen-bond acceptors (Lipinski definition) is 4. The van der Waals surface area contributed by atoms with Crippen molar-refractivity contribution in [3.8, 4) is 0 Å². The Labute approximate surface area is 133 Å². The Morgan fingerprint density at radius 3 is 2.87 bits per heavy atom. The molecule has 6 heteroatoms. The van der Waals surface area contributed by atoms with E-state index < -0.39 is 0 Å². The first-order chi connectivity index (χ1) is 11.3. The predicted molar refractivity (Wildman–Crippen MR) is 86.1 cm³/mol. The zero-order valence-corrected chi connectivity index (χ0v) is 12.6. The number of carbonyl (C=O) groups is 1. The second kappa shape index (κ2) is 5.79. The van der Waals surface area contributed by atoms with Crippen molar-refractivity contribution >= 4 is 16.9 Å². The third-order valence-corrected chi connectivity index (χ3v) is 4.01. The van der Waals surface area contributed by atoms with Crippen LogP contribution in [0.25, 0.3) is 11.0 Å². The highest BCUT2D eigenvalue weighted by molar-refractivity contribution is 5.93. The lowest BCUT2D eigenvalue weighted by Gasteiger charge is -2.08. The molecule has 0 aliphatic heterocycles. The van der Waals surface area contributed by atoms with Crippen LogP contribution in [0.3, 0.4) is 0 Å². The van der Waals surface area contributed by atoms with E-state index in [0.29, 0.717) is 18.2 Å². The number of aromatic nitrogens is 4. The first kappa shape index (κ1) is 13.9. The molecule has 1 aliphatic rings. The normalized spacial score (nSPS) is 14.1. The number of rotatable bonds is 5. The molecule has 4 rings (SSSR count). The number of nitrogens with one attached hydrogen (secondary N) is 1. The van der Waals surface area contributed by atoms with Gasteiger partial charge in [-0.25, -0.2) is 9.97 Å². The van der Waals surface area contributed by atoms with Gasteiger partial charge in [0.05, 0.1) is 17.2 Å². The molecule has 1 N–H and O–H groups in total. The minimum absolute atomic E-state index is 0.198. The number of carbonyl (C=O) groups excluding carboxylic acids is 1. The van der Waals surface area contributed by atoms with Gasteiger partial charge in [0.2, 0.25) is 0 Å². The smallest absolute Gasteiger partial charge is 0.271 e. The minimum Gasteiger partial charge on any atom is -0.349 e. The van der Waals surface area contributed by atoms with Crippen molar-refractivity contribution in [2.45, 2.75) is 25.3 Å².